The van der Waals surface area contributed by atoms with E-state index in [0.29, 0.717) is 5.56 Å². The van der Waals surface area contributed by atoms with Crippen molar-refractivity contribution in [2.24, 2.45) is 0 Å². The van der Waals surface area contributed by atoms with E-state index < -0.39 is 22.1 Å². The van der Waals surface area contributed by atoms with Gasteiger partial charge in [-0.25, -0.2) is 8.42 Å². The third-order valence-electron chi connectivity index (χ3n) is 4.60. The van der Waals surface area contributed by atoms with Crippen LogP contribution >= 0.6 is 0 Å². The van der Waals surface area contributed by atoms with E-state index in [9.17, 15) is 26.4 Å². The zero-order chi connectivity index (χ0) is 20.7. The van der Waals surface area contributed by atoms with Crippen molar-refractivity contribution in [3.05, 3.63) is 53.1 Å². The fraction of sp³-hybridized carbons (Fsp3) is 0.316. The van der Waals surface area contributed by atoms with Gasteiger partial charge in [-0.1, -0.05) is 24.3 Å². The fourth-order valence-electron chi connectivity index (χ4n) is 3.44. The molecule has 1 aliphatic rings. The molecular formula is C19H19F3N2O3S. The first kappa shape index (κ1) is 20.2. The van der Waals surface area contributed by atoms with Gasteiger partial charge in [0, 0.05) is 18.8 Å². The van der Waals surface area contributed by atoms with Crippen LogP contribution in [-0.2, 0) is 27.8 Å². The summed E-state index contributed by atoms with van der Waals surface area (Å²) >= 11 is 0. The molecule has 5 nitrogen and oxygen atoms in total. The predicted octanol–water partition coefficient (Wildman–Crippen LogP) is 3.48. The Morgan fingerprint density at radius 1 is 1.14 bits per heavy atom. The zero-order valence-electron chi connectivity index (χ0n) is 15.3. The van der Waals surface area contributed by atoms with Crippen LogP contribution in [0.2, 0.25) is 0 Å². The van der Waals surface area contributed by atoms with Gasteiger partial charge in [0.05, 0.1) is 6.26 Å². The van der Waals surface area contributed by atoms with Gasteiger partial charge in [-0.3, -0.25) is 9.52 Å². The van der Waals surface area contributed by atoms with Gasteiger partial charge in [0.25, 0.3) is 0 Å². The fourth-order valence-corrected chi connectivity index (χ4v) is 3.99. The standard InChI is InChI=1S/C19H19F3N2O3S/c1-12-5-3-4-6-15(12)17-10-14(23-28(2,26)27)9-13-11-24(8-7-16(13)17)18(25)19(20,21)22/h3-6,9-10,23H,7-8,11H2,1-2H3. The highest BCUT2D eigenvalue weighted by Crippen LogP contribution is 2.36. The van der Waals surface area contributed by atoms with E-state index in [-0.39, 0.29) is 25.2 Å². The molecule has 0 fully saturated rings. The van der Waals surface area contributed by atoms with E-state index in [0.717, 1.165) is 33.4 Å². The number of benzene rings is 2. The van der Waals surface area contributed by atoms with Crippen molar-refractivity contribution in [3.63, 3.8) is 0 Å². The average molecular weight is 412 g/mol. The molecule has 2 aromatic carbocycles. The minimum Gasteiger partial charge on any atom is -0.330 e. The zero-order valence-corrected chi connectivity index (χ0v) is 16.1. The van der Waals surface area contributed by atoms with Gasteiger partial charge in [0.1, 0.15) is 0 Å². The van der Waals surface area contributed by atoms with E-state index >= 15 is 0 Å². The summed E-state index contributed by atoms with van der Waals surface area (Å²) in [4.78, 5) is 12.4. The Balaban J connectivity index is 2.11. The number of anilines is 1. The Bertz CT molecular complexity index is 1030. The summed E-state index contributed by atoms with van der Waals surface area (Å²) in [5.74, 6) is -1.89. The number of carbonyl (C=O) groups excluding carboxylic acids is 1. The molecule has 0 unspecified atom stereocenters. The van der Waals surface area contributed by atoms with Crippen molar-refractivity contribution in [1.29, 1.82) is 0 Å². The van der Waals surface area contributed by atoms with Crippen molar-refractivity contribution >= 4 is 21.6 Å². The molecule has 0 atom stereocenters. The Labute approximate surface area is 161 Å². The molecule has 1 N–H and O–H groups in total. The molecule has 1 amide bonds. The molecule has 1 heterocycles. The molecule has 28 heavy (non-hydrogen) atoms. The summed E-state index contributed by atoms with van der Waals surface area (Å²) in [7, 11) is -3.58. The number of fused-ring (bicyclic) bond motifs is 1. The highest BCUT2D eigenvalue weighted by atomic mass is 32.2. The summed E-state index contributed by atoms with van der Waals surface area (Å²) in [6.45, 7) is 1.62. The lowest BCUT2D eigenvalue weighted by atomic mass is 9.88. The van der Waals surface area contributed by atoms with E-state index in [1.54, 1.807) is 6.07 Å². The van der Waals surface area contributed by atoms with Crippen LogP contribution in [0.4, 0.5) is 18.9 Å². The van der Waals surface area contributed by atoms with E-state index in [2.05, 4.69) is 4.72 Å². The molecule has 0 saturated carbocycles. The normalized spacial score (nSPS) is 14.5. The van der Waals surface area contributed by atoms with E-state index in [1.165, 1.54) is 6.07 Å². The maximum absolute atomic E-state index is 12.8. The minimum atomic E-state index is -4.95. The molecule has 0 aromatic heterocycles. The van der Waals surface area contributed by atoms with Gasteiger partial charge >= 0.3 is 12.1 Å². The number of hydrogen-bond donors (Lipinski definition) is 1. The topological polar surface area (TPSA) is 66.5 Å². The van der Waals surface area contributed by atoms with E-state index in [4.69, 9.17) is 0 Å². The van der Waals surface area contributed by atoms with Gasteiger partial charge in [-0.2, -0.15) is 13.2 Å². The first-order chi connectivity index (χ1) is 13.0. The third-order valence-corrected chi connectivity index (χ3v) is 5.21. The lowest BCUT2D eigenvalue weighted by Crippen LogP contribution is -2.43. The molecule has 0 saturated heterocycles. The van der Waals surface area contributed by atoms with Gasteiger partial charge in [-0.15, -0.1) is 0 Å². The van der Waals surface area contributed by atoms with Gasteiger partial charge in [0.2, 0.25) is 10.0 Å². The van der Waals surface area contributed by atoms with Crippen LogP contribution < -0.4 is 4.72 Å². The van der Waals surface area contributed by atoms with Crippen LogP contribution in [0.15, 0.2) is 36.4 Å². The number of nitrogens with zero attached hydrogens (tertiary/aromatic N) is 1. The first-order valence-electron chi connectivity index (χ1n) is 8.51. The maximum Gasteiger partial charge on any atom is 0.471 e. The maximum atomic E-state index is 12.8. The second kappa shape index (κ2) is 7.12. The number of halogens is 3. The number of sulfonamides is 1. The molecule has 3 rings (SSSR count). The van der Waals surface area contributed by atoms with Crippen LogP contribution in [0, 0.1) is 6.92 Å². The van der Waals surface area contributed by atoms with Crippen LogP contribution in [0.1, 0.15) is 16.7 Å². The lowest BCUT2D eigenvalue weighted by molar-refractivity contribution is -0.186. The monoisotopic (exact) mass is 412 g/mol. The summed E-state index contributed by atoms with van der Waals surface area (Å²) in [6.07, 6.45) is -3.70. The minimum absolute atomic E-state index is 0.0525. The number of rotatable bonds is 3. The van der Waals surface area contributed by atoms with Gasteiger partial charge in [-0.05, 0) is 53.3 Å². The predicted molar refractivity (Wildman–Crippen MR) is 100 cm³/mol. The lowest BCUT2D eigenvalue weighted by Gasteiger charge is -2.31. The van der Waals surface area contributed by atoms with Crippen LogP contribution in [0.25, 0.3) is 11.1 Å². The van der Waals surface area contributed by atoms with Crippen LogP contribution in [0.3, 0.4) is 0 Å². The molecule has 0 aliphatic carbocycles. The number of nitrogens with one attached hydrogen (secondary N) is 1. The third kappa shape index (κ3) is 4.30. The highest BCUT2D eigenvalue weighted by molar-refractivity contribution is 7.92. The van der Waals surface area contributed by atoms with Crippen LogP contribution in [-0.4, -0.2) is 38.2 Å². The second-order valence-electron chi connectivity index (χ2n) is 6.83. The molecule has 0 radical (unpaired) electrons. The number of alkyl halides is 3. The van der Waals surface area contributed by atoms with Crippen LogP contribution in [0.5, 0.6) is 0 Å². The molecule has 2 aromatic rings. The number of aryl methyl sites for hydroxylation is 1. The molecule has 1 aliphatic heterocycles. The summed E-state index contributed by atoms with van der Waals surface area (Å²) in [5, 5.41) is 0. The molecular weight excluding hydrogens is 393 g/mol. The molecule has 0 bridgehead atoms. The van der Waals surface area contributed by atoms with Gasteiger partial charge < -0.3 is 4.90 Å². The number of amides is 1. The van der Waals surface area contributed by atoms with Crippen molar-refractivity contribution in [3.8, 4) is 11.1 Å². The Hall–Kier alpha value is -2.55. The Kier molecular flexibility index (Phi) is 5.14. The van der Waals surface area contributed by atoms with Crippen molar-refractivity contribution in [1.82, 2.24) is 4.90 Å². The second-order valence-corrected chi connectivity index (χ2v) is 8.57. The quantitative estimate of drug-likeness (QED) is 0.840. The Morgan fingerprint density at radius 2 is 1.82 bits per heavy atom. The first-order valence-corrected chi connectivity index (χ1v) is 10.4. The number of hydrogen-bond acceptors (Lipinski definition) is 3. The molecule has 150 valence electrons. The highest BCUT2D eigenvalue weighted by Gasteiger charge is 2.43. The molecule has 9 heteroatoms. The SMILES string of the molecule is Cc1ccccc1-c1cc(NS(C)(=O)=O)cc2c1CCN(C(=O)C(F)(F)F)C2. The average Bonchev–Trinajstić information content (AvgIpc) is 2.58. The summed E-state index contributed by atoms with van der Waals surface area (Å²) < 4.78 is 64.2. The summed E-state index contributed by atoms with van der Waals surface area (Å²) in [5.41, 5.74) is 4.14. The van der Waals surface area contributed by atoms with Gasteiger partial charge in [0.15, 0.2) is 0 Å². The van der Waals surface area contributed by atoms with Crippen molar-refractivity contribution in [2.45, 2.75) is 26.1 Å². The molecule has 0 spiro atoms. The van der Waals surface area contributed by atoms with Crippen molar-refractivity contribution < 1.29 is 26.4 Å². The smallest absolute Gasteiger partial charge is 0.330 e. The Morgan fingerprint density at radius 3 is 2.43 bits per heavy atom. The largest absolute Gasteiger partial charge is 0.471 e. The van der Waals surface area contributed by atoms with Crippen molar-refractivity contribution in [2.75, 3.05) is 17.5 Å². The van der Waals surface area contributed by atoms with E-state index in [1.807, 2.05) is 31.2 Å². The summed E-state index contributed by atoms with van der Waals surface area (Å²) in [6, 6.07) is 10.7. The number of carbonyl (C=O) groups is 1.